The Balaban J connectivity index is 0.00000364. The standard InChI is InChI=1S/C20H31N3O3.HI/c1-4-26-19(24)17-11-14-23(15-12-17)20(21-2)22-13-5-6-16-7-9-18(25-3)10-8-16;/h7-10,17H,4-6,11-15H2,1-3H3,(H,21,22);1H. The maximum absolute atomic E-state index is 11.8. The average molecular weight is 489 g/mol. The fourth-order valence-corrected chi connectivity index (χ4v) is 3.20. The van der Waals surface area contributed by atoms with Gasteiger partial charge in [0, 0.05) is 26.7 Å². The van der Waals surface area contributed by atoms with Gasteiger partial charge in [0.25, 0.3) is 0 Å². The smallest absolute Gasteiger partial charge is 0.309 e. The summed E-state index contributed by atoms with van der Waals surface area (Å²) < 4.78 is 10.3. The zero-order chi connectivity index (χ0) is 18.8. The summed E-state index contributed by atoms with van der Waals surface area (Å²) in [5, 5.41) is 3.44. The topological polar surface area (TPSA) is 63.2 Å². The molecule has 0 unspecified atom stereocenters. The van der Waals surface area contributed by atoms with E-state index in [0.29, 0.717) is 6.61 Å². The minimum absolute atomic E-state index is 0. The number of halogens is 1. The first-order valence-electron chi connectivity index (χ1n) is 9.43. The number of carbonyl (C=O) groups is 1. The van der Waals surface area contributed by atoms with E-state index in [9.17, 15) is 4.79 Å². The van der Waals surface area contributed by atoms with Crippen LogP contribution in [0.15, 0.2) is 29.3 Å². The molecule has 0 atom stereocenters. The zero-order valence-corrected chi connectivity index (χ0v) is 18.9. The van der Waals surface area contributed by atoms with Crippen molar-refractivity contribution in [1.29, 1.82) is 0 Å². The maximum Gasteiger partial charge on any atom is 0.309 e. The van der Waals surface area contributed by atoms with Crippen LogP contribution < -0.4 is 10.1 Å². The molecule has 1 heterocycles. The number of esters is 1. The van der Waals surface area contributed by atoms with E-state index in [-0.39, 0.29) is 35.9 Å². The molecule has 0 saturated carbocycles. The van der Waals surface area contributed by atoms with E-state index < -0.39 is 0 Å². The Kier molecular flexibility index (Phi) is 11.2. The summed E-state index contributed by atoms with van der Waals surface area (Å²) in [4.78, 5) is 18.4. The van der Waals surface area contributed by atoms with Crippen LogP contribution in [0.5, 0.6) is 5.75 Å². The molecule has 0 aromatic heterocycles. The summed E-state index contributed by atoms with van der Waals surface area (Å²) in [6, 6.07) is 8.20. The SMILES string of the molecule is CCOC(=O)C1CCN(C(=NC)NCCCc2ccc(OC)cc2)CC1.I. The van der Waals surface area contributed by atoms with Crippen molar-refractivity contribution in [2.45, 2.75) is 32.6 Å². The van der Waals surface area contributed by atoms with Crippen molar-refractivity contribution in [1.82, 2.24) is 10.2 Å². The molecule has 0 amide bonds. The van der Waals surface area contributed by atoms with E-state index in [1.54, 1.807) is 7.11 Å². The van der Waals surface area contributed by atoms with Crippen molar-refractivity contribution >= 4 is 35.9 Å². The predicted octanol–water partition coefficient (Wildman–Crippen LogP) is 3.10. The molecule has 0 bridgehead atoms. The number of hydrogen-bond donors (Lipinski definition) is 1. The molecule has 7 heteroatoms. The molecule has 2 rings (SSSR count). The van der Waals surface area contributed by atoms with Gasteiger partial charge in [0.15, 0.2) is 5.96 Å². The lowest BCUT2D eigenvalue weighted by atomic mass is 9.97. The van der Waals surface area contributed by atoms with Gasteiger partial charge < -0.3 is 19.7 Å². The third kappa shape index (κ3) is 7.56. The second kappa shape index (κ2) is 12.8. The Bertz CT molecular complexity index is 585. The van der Waals surface area contributed by atoms with Crippen LogP contribution in [0.1, 0.15) is 31.7 Å². The molecule has 1 saturated heterocycles. The Morgan fingerprint density at radius 1 is 1.26 bits per heavy atom. The molecule has 1 fully saturated rings. The highest BCUT2D eigenvalue weighted by molar-refractivity contribution is 14.0. The van der Waals surface area contributed by atoms with Crippen LogP contribution in [0.4, 0.5) is 0 Å². The van der Waals surface area contributed by atoms with Crippen molar-refractivity contribution < 1.29 is 14.3 Å². The molecule has 152 valence electrons. The van der Waals surface area contributed by atoms with E-state index in [0.717, 1.165) is 57.0 Å². The number of nitrogens with zero attached hydrogens (tertiary/aromatic N) is 2. The Morgan fingerprint density at radius 3 is 2.48 bits per heavy atom. The van der Waals surface area contributed by atoms with Crippen LogP contribution in [0.2, 0.25) is 0 Å². The molecule has 0 spiro atoms. The van der Waals surface area contributed by atoms with Crippen LogP contribution in [0.3, 0.4) is 0 Å². The first-order valence-corrected chi connectivity index (χ1v) is 9.43. The fraction of sp³-hybridized carbons (Fsp3) is 0.600. The predicted molar refractivity (Wildman–Crippen MR) is 119 cm³/mol. The van der Waals surface area contributed by atoms with Crippen molar-refractivity contribution in [2.75, 3.05) is 40.4 Å². The lowest BCUT2D eigenvalue weighted by molar-refractivity contribution is -0.149. The molecule has 6 nitrogen and oxygen atoms in total. The summed E-state index contributed by atoms with van der Waals surface area (Å²) in [6.45, 7) is 4.85. The molecular weight excluding hydrogens is 457 g/mol. The second-order valence-electron chi connectivity index (χ2n) is 6.44. The minimum Gasteiger partial charge on any atom is -0.497 e. The number of guanidine groups is 1. The molecule has 1 aromatic carbocycles. The van der Waals surface area contributed by atoms with Gasteiger partial charge in [-0.3, -0.25) is 9.79 Å². The van der Waals surface area contributed by atoms with Gasteiger partial charge >= 0.3 is 5.97 Å². The largest absolute Gasteiger partial charge is 0.497 e. The summed E-state index contributed by atoms with van der Waals surface area (Å²) in [5.41, 5.74) is 1.30. The van der Waals surface area contributed by atoms with Crippen molar-refractivity contribution in [2.24, 2.45) is 10.9 Å². The Morgan fingerprint density at radius 2 is 1.93 bits per heavy atom. The lowest BCUT2D eigenvalue weighted by Crippen LogP contribution is -2.47. The molecular formula is C20H32IN3O3. The number of hydrogen-bond acceptors (Lipinski definition) is 4. The van der Waals surface area contributed by atoms with Gasteiger partial charge in [-0.05, 0) is 50.3 Å². The van der Waals surface area contributed by atoms with Gasteiger partial charge in [-0.25, -0.2) is 0 Å². The van der Waals surface area contributed by atoms with Crippen molar-refractivity contribution in [3.63, 3.8) is 0 Å². The lowest BCUT2D eigenvalue weighted by Gasteiger charge is -2.33. The number of likely N-dealkylation sites (tertiary alicyclic amines) is 1. The van der Waals surface area contributed by atoms with Crippen LogP contribution in [-0.4, -0.2) is 57.2 Å². The van der Waals surface area contributed by atoms with Gasteiger partial charge in [0.1, 0.15) is 5.75 Å². The molecule has 27 heavy (non-hydrogen) atoms. The number of ether oxygens (including phenoxy) is 2. The normalized spacial score (nSPS) is 15.1. The third-order valence-corrected chi connectivity index (χ3v) is 4.71. The highest BCUT2D eigenvalue weighted by Gasteiger charge is 2.27. The molecule has 1 N–H and O–H groups in total. The Labute approximate surface area is 179 Å². The van der Waals surface area contributed by atoms with Gasteiger partial charge in [-0.2, -0.15) is 0 Å². The summed E-state index contributed by atoms with van der Waals surface area (Å²) in [7, 11) is 3.49. The van der Waals surface area contributed by atoms with Crippen LogP contribution in [-0.2, 0) is 16.0 Å². The number of aliphatic imine (C=N–C) groups is 1. The fourth-order valence-electron chi connectivity index (χ4n) is 3.20. The maximum atomic E-state index is 11.8. The van der Waals surface area contributed by atoms with E-state index >= 15 is 0 Å². The number of benzene rings is 1. The molecule has 0 radical (unpaired) electrons. The monoisotopic (exact) mass is 489 g/mol. The molecule has 1 aromatic rings. The molecule has 1 aliphatic heterocycles. The summed E-state index contributed by atoms with van der Waals surface area (Å²) in [5.74, 6) is 1.77. The molecule has 1 aliphatic rings. The van der Waals surface area contributed by atoms with E-state index in [1.165, 1.54) is 5.56 Å². The number of carbonyl (C=O) groups excluding carboxylic acids is 1. The molecule has 0 aliphatic carbocycles. The summed E-state index contributed by atoms with van der Waals surface area (Å²) >= 11 is 0. The summed E-state index contributed by atoms with van der Waals surface area (Å²) in [6.07, 6.45) is 3.69. The van der Waals surface area contributed by atoms with E-state index in [2.05, 4.69) is 27.3 Å². The van der Waals surface area contributed by atoms with Crippen LogP contribution >= 0.6 is 24.0 Å². The average Bonchev–Trinajstić information content (AvgIpc) is 2.69. The van der Waals surface area contributed by atoms with E-state index in [4.69, 9.17) is 9.47 Å². The first-order chi connectivity index (χ1) is 12.7. The Hall–Kier alpha value is -1.51. The van der Waals surface area contributed by atoms with Crippen LogP contribution in [0.25, 0.3) is 0 Å². The number of methoxy groups -OCH3 is 1. The van der Waals surface area contributed by atoms with Gasteiger partial charge in [-0.15, -0.1) is 24.0 Å². The number of nitrogens with one attached hydrogen (secondary N) is 1. The van der Waals surface area contributed by atoms with Gasteiger partial charge in [0.2, 0.25) is 0 Å². The van der Waals surface area contributed by atoms with Gasteiger partial charge in [0.05, 0.1) is 19.6 Å². The highest BCUT2D eigenvalue weighted by atomic mass is 127. The third-order valence-electron chi connectivity index (χ3n) is 4.71. The van der Waals surface area contributed by atoms with Crippen molar-refractivity contribution in [3.05, 3.63) is 29.8 Å². The number of piperidine rings is 1. The zero-order valence-electron chi connectivity index (χ0n) is 16.6. The number of rotatable bonds is 7. The van der Waals surface area contributed by atoms with Gasteiger partial charge in [-0.1, -0.05) is 12.1 Å². The minimum atomic E-state index is -0.0606. The quantitative estimate of drug-likeness (QED) is 0.210. The van der Waals surface area contributed by atoms with Crippen LogP contribution in [0, 0.1) is 5.92 Å². The highest BCUT2D eigenvalue weighted by Crippen LogP contribution is 2.18. The first kappa shape index (κ1) is 23.5. The second-order valence-corrected chi connectivity index (χ2v) is 6.44. The van der Waals surface area contributed by atoms with E-state index in [1.807, 2.05) is 26.1 Å². The number of aryl methyl sites for hydroxylation is 1. The van der Waals surface area contributed by atoms with Crippen molar-refractivity contribution in [3.8, 4) is 5.75 Å².